The third-order valence-electron chi connectivity index (χ3n) is 5.56. The maximum Gasteiger partial charge on any atom is 0.123 e. The number of benzene rings is 1. The summed E-state index contributed by atoms with van der Waals surface area (Å²) in [5.74, 6) is 0.0607. The Kier molecular flexibility index (Phi) is 5.99. The molecule has 3 atom stereocenters. The van der Waals surface area contributed by atoms with Gasteiger partial charge in [0.2, 0.25) is 0 Å². The van der Waals surface area contributed by atoms with Crippen molar-refractivity contribution in [3.05, 3.63) is 47.1 Å². The molecule has 1 aromatic carbocycles. The molecule has 0 heterocycles. The highest BCUT2D eigenvalue weighted by Gasteiger charge is 2.38. The van der Waals surface area contributed by atoms with Gasteiger partial charge in [0.25, 0.3) is 0 Å². The molecule has 1 aromatic rings. The molecule has 0 aliphatic heterocycles. The lowest BCUT2D eigenvalue weighted by atomic mass is 9.68. The van der Waals surface area contributed by atoms with Crippen LogP contribution < -0.4 is 0 Å². The molecule has 1 aliphatic carbocycles. The Bertz CT molecular complexity index is 647. The van der Waals surface area contributed by atoms with Crippen molar-refractivity contribution in [1.82, 2.24) is 0 Å². The zero-order valence-electron chi connectivity index (χ0n) is 16.0. The minimum Gasteiger partial charge on any atom is -0.507 e. The van der Waals surface area contributed by atoms with E-state index in [9.17, 15) is 15.3 Å². The molecule has 0 amide bonds. The lowest BCUT2D eigenvalue weighted by Gasteiger charge is -2.39. The first-order chi connectivity index (χ1) is 11.7. The largest absolute Gasteiger partial charge is 0.507 e. The summed E-state index contributed by atoms with van der Waals surface area (Å²) in [5, 5.41) is 31.8. The number of hydrogen-bond acceptors (Lipinski definition) is 3. The molecule has 0 saturated heterocycles. The molecular formula is C22H32O3. The van der Waals surface area contributed by atoms with Crippen molar-refractivity contribution in [3.63, 3.8) is 0 Å². The van der Waals surface area contributed by atoms with E-state index in [2.05, 4.69) is 13.5 Å². The topological polar surface area (TPSA) is 60.7 Å². The number of aliphatic hydroxyl groups is 1. The highest BCUT2D eigenvalue weighted by Crippen LogP contribution is 2.48. The Morgan fingerprint density at radius 2 is 1.84 bits per heavy atom. The van der Waals surface area contributed by atoms with Crippen molar-refractivity contribution in [2.24, 2.45) is 5.92 Å². The number of aryl methyl sites for hydroxylation is 1. The SMILES string of the molecule is C=C(C)[C@@H]1CC(C)(O)C(C)=C[C@H]1c1c(O)cc(CCCCC)cc1O. The average Bonchev–Trinajstić information content (AvgIpc) is 2.50. The second-order valence-corrected chi connectivity index (χ2v) is 7.81. The van der Waals surface area contributed by atoms with Gasteiger partial charge in [-0.05, 0) is 69.2 Å². The van der Waals surface area contributed by atoms with Crippen molar-refractivity contribution in [2.45, 2.75) is 71.3 Å². The summed E-state index contributed by atoms with van der Waals surface area (Å²) in [5.41, 5.74) is 2.43. The van der Waals surface area contributed by atoms with Crippen molar-refractivity contribution in [2.75, 3.05) is 0 Å². The molecule has 0 spiro atoms. The van der Waals surface area contributed by atoms with Gasteiger partial charge in [0.1, 0.15) is 11.5 Å². The van der Waals surface area contributed by atoms with E-state index in [-0.39, 0.29) is 23.3 Å². The van der Waals surface area contributed by atoms with Crippen molar-refractivity contribution >= 4 is 0 Å². The highest BCUT2D eigenvalue weighted by atomic mass is 16.3. The van der Waals surface area contributed by atoms with E-state index in [4.69, 9.17) is 0 Å². The highest BCUT2D eigenvalue weighted by molar-refractivity contribution is 5.52. The van der Waals surface area contributed by atoms with E-state index in [1.165, 1.54) is 0 Å². The third kappa shape index (κ3) is 4.27. The number of rotatable bonds is 6. The molecule has 138 valence electrons. The number of phenols is 2. The Balaban J connectivity index is 2.41. The molecule has 3 N–H and O–H groups in total. The molecule has 3 heteroatoms. The molecule has 25 heavy (non-hydrogen) atoms. The van der Waals surface area contributed by atoms with Gasteiger partial charge in [0.05, 0.1) is 5.60 Å². The van der Waals surface area contributed by atoms with Crippen LogP contribution in [0.2, 0.25) is 0 Å². The monoisotopic (exact) mass is 344 g/mol. The fourth-order valence-electron chi connectivity index (χ4n) is 3.79. The first-order valence-electron chi connectivity index (χ1n) is 9.28. The maximum absolute atomic E-state index is 10.6. The fourth-order valence-corrected chi connectivity index (χ4v) is 3.79. The molecule has 0 radical (unpaired) electrons. The van der Waals surface area contributed by atoms with E-state index < -0.39 is 5.60 Å². The maximum atomic E-state index is 10.6. The Morgan fingerprint density at radius 1 is 1.24 bits per heavy atom. The first kappa shape index (κ1) is 19.6. The molecule has 3 nitrogen and oxygen atoms in total. The van der Waals surface area contributed by atoms with Gasteiger partial charge in [-0.2, -0.15) is 0 Å². The Labute approximate surface area is 151 Å². The summed E-state index contributed by atoms with van der Waals surface area (Å²) in [6.45, 7) is 11.9. The first-order valence-corrected chi connectivity index (χ1v) is 9.28. The van der Waals surface area contributed by atoms with Crippen LogP contribution in [-0.4, -0.2) is 20.9 Å². The number of hydrogen-bond donors (Lipinski definition) is 3. The number of unbranched alkanes of at least 4 members (excludes halogenated alkanes) is 2. The standard InChI is InChI=1S/C22H32O3/c1-6-7-8-9-16-11-19(23)21(20(24)12-16)17-10-15(4)22(5,25)13-18(17)14(2)3/h10-12,17-18,23-25H,2,6-9,13H2,1,3-5H3/t17-,18+,22?/m1/s1. The van der Waals surface area contributed by atoms with E-state index in [1.54, 1.807) is 12.1 Å². The molecule has 1 aliphatic rings. The van der Waals surface area contributed by atoms with Crippen LogP contribution in [0.1, 0.15) is 70.4 Å². The lowest BCUT2D eigenvalue weighted by Crippen LogP contribution is -2.35. The van der Waals surface area contributed by atoms with Gasteiger partial charge in [-0.15, -0.1) is 0 Å². The molecular weight excluding hydrogens is 312 g/mol. The van der Waals surface area contributed by atoms with Crippen molar-refractivity contribution in [3.8, 4) is 11.5 Å². The van der Waals surface area contributed by atoms with Gasteiger partial charge >= 0.3 is 0 Å². The van der Waals surface area contributed by atoms with E-state index in [0.29, 0.717) is 12.0 Å². The van der Waals surface area contributed by atoms with Crippen molar-refractivity contribution in [1.29, 1.82) is 0 Å². The molecule has 0 bridgehead atoms. The lowest BCUT2D eigenvalue weighted by molar-refractivity contribution is 0.0641. The normalized spacial score (nSPS) is 26.4. The van der Waals surface area contributed by atoms with Gasteiger partial charge in [0.15, 0.2) is 0 Å². The summed E-state index contributed by atoms with van der Waals surface area (Å²) in [7, 11) is 0. The van der Waals surface area contributed by atoms with Crippen LogP contribution in [0.3, 0.4) is 0 Å². The Morgan fingerprint density at radius 3 is 2.36 bits per heavy atom. The zero-order chi connectivity index (χ0) is 18.8. The summed E-state index contributed by atoms with van der Waals surface area (Å²) < 4.78 is 0. The number of phenolic OH excluding ortho intramolecular Hbond substituents is 2. The quantitative estimate of drug-likeness (QED) is 0.490. The van der Waals surface area contributed by atoms with Gasteiger partial charge in [0, 0.05) is 11.5 Å². The van der Waals surface area contributed by atoms with E-state index in [1.807, 2.05) is 26.8 Å². The van der Waals surface area contributed by atoms with Crippen molar-refractivity contribution < 1.29 is 15.3 Å². The second-order valence-electron chi connectivity index (χ2n) is 7.81. The average molecular weight is 344 g/mol. The van der Waals surface area contributed by atoms with Crippen LogP contribution in [0.4, 0.5) is 0 Å². The van der Waals surface area contributed by atoms with Crippen LogP contribution in [0.15, 0.2) is 35.9 Å². The van der Waals surface area contributed by atoms with Gasteiger partial charge in [-0.3, -0.25) is 0 Å². The van der Waals surface area contributed by atoms with Gasteiger partial charge < -0.3 is 15.3 Å². The smallest absolute Gasteiger partial charge is 0.123 e. The van der Waals surface area contributed by atoms with Crippen LogP contribution in [0.25, 0.3) is 0 Å². The van der Waals surface area contributed by atoms with E-state index >= 15 is 0 Å². The number of aromatic hydroxyl groups is 2. The summed E-state index contributed by atoms with van der Waals surface area (Å²) in [6, 6.07) is 3.55. The van der Waals surface area contributed by atoms with E-state index in [0.717, 1.165) is 42.4 Å². The van der Waals surface area contributed by atoms with Crippen LogP contribution in [0.5, 0.6) is 11.5 Å². The zero-order valence-corrected chi connectivity index (χ0v) is 16.0. The molecule has 2 rings (SSSR count). The minimum atomic E-state index is -0.883. The second kappa shape index (κ2) is 7.65. The molecule has 0 fully saturated rings. The predicted octanol–water partition coefficient (Wildman–Crippen LogP) is 5.21. The predicted molar refractivity (Wildman–Crippen MR) is 103 cm³/mol. The molecule has 1 unspecified atom stereocenters. The summed E-state index contributed by atoms with van der Waals surface area (Å²) in [6.07, 6.45) is 6.69. The van der Waals surface area contributed by atoms with Gasteiger partial charge in [-0.25, -0.2) is 0 Å². The third-order valence-corrected chi connectivity index (χ3v) is 5.56. The van der Waals surface area contributed by atoms with Crippen LogP contribution in [0, 0.1) is 5.92 Å². The fraction of sp³-hybridized carbons (Fsp3) is 0.545. The molecule has 0 aromatic heterocycles. The van der Waals surface area contributed by atoms with Gasteiger partial charge in [-0.1, -0.05) is 38.0 Å². The van der Waals surface area contributed by atoms with Crippen LogP contribution >= 0.6 is 0 Å². The molecule has 0 saturated carbocycles. The Hall–Kier alpha value is -1.74. The minimum absolute atomic E-state index is 0.0264. The summed E-state index contributed by atoms with van der Waals surface area (Å²) >= 11 is 0. The summed E-state index contributed by atoms with van der Waals surface area (Å²) in [4.78, 5) is 0. The van der Waals surface area contributed by atoms with Crippen LogP contribution in [-0.2, 0) is 6.42 Å². The number of allylic oxidation sites excluding steroid dienone is 2.